The van der Waals surface area contributed by atoms with E-state index in [1.165, 1.54) is 6.07 Å². The molecule has 0 fully saturated rings. The Bertz CT molecular complexity index is 1010. The molecule has 0 saturated carbocycles. The Morgan fingerprint density at radius 2 is 1.68 bits per heavy atom. The van der Waals surface area contributed by atoms with Crippen LogP contribution < -0.4 is 5.32 Å². The maximum atomic E-state index is 13.3. The zero-order valence-corrected chi connectivity index (χ0v) is 21.3. The van der Waals surface area contributed by atoms with Crippen molar-refractivity contribution in [2.75, 3.05) is 31.6 Å². The molecule has 2 rings (SSSR count). The van der Waals surface area contributed by atoms with Crippen molar-refractivity contribution in [3.63, 3.8) is 0 Å². The molecule has 7 nitrogen and oxygen atoms in total. The number of carbonyl (C=O) groups is 3. The first-order valence-electron chi connectivity index (χ1n) is 11.5. The summed E-state index contributed by atoms with van der Waals surface area (Å²) in [5.41, 5.74) is 2.10. The van der Waals surface area contributed by atoms with Crippen molar-refractivity contribution in [2.45, 2.75) is 47.3 Å². The zero-order valence-electron chi connectivity index (χ0n) is 20.5. The number of nitrogens with one attached hydrogen (secondary N) is 1. The SMILES string of the molecule is CCOC(=O)c1cc(Cl)cc(C)c1NC(=O)C(C)[N+](CC)(CC)CC(=O)OCc1ccccc1. The van der Waals surface area contributed by atoms with Crippen LogP contribution in [-0.4, -0.2) is 54.6 Å². The number of quaternary nitrogens is 1. The molecule has 1 unspecified atom stereocenters. The van der Waals surface area contributed by atoms with Gasteiger partial charge in [-0.2, -0.15) is 0 Å². The second-order valence-electron chi connectivity index (χ2n) is 8.19. The highest BCUT2D eigenvalue weighted by Crippen LogP contribution is 2.27. The van der Waals surface area contributed by atoms with Gasteiger partial charge in [-0.15, -0.1) is 0 Å². The van der Waals surface area contributed by atoms with E-state index < -0.39 is 12.0 Å². The molecule has 0 aliphatic rings. The summed E-state index contributed by atoms with van der Waals surface area (Å²) < 4.78 is 10.8. The number of rotatable bonds is 11. The highest BCUT2D eigenvalue weighted by Gasteiger charge is 2.39. The van der Waals surface area contributed by atoms with Crippen molar-refractivity contribution in [3.8, 4) is 0 Å². The molecule has 0 heterocycles. The smallest absolute Gasteiger partial charge is 0.362 e. The second-order valence-corrected chi connectivity index (χ2v) is 8.62. The third-order valence-corrected chi connectivity index (χ3v) is 6.41. The largest absolute Gasteiger partial charge is 0.462 e. The number of aryl methyl sites for hydroxylation is 1. The minimum atomic E-state index is -0.579. The summed E-state index contributed by atoms with van der Waals surface area (Å²) in [5.74, 6) is -1.25. The summed E-state index contributed by atoms with van der Waals surface area (Å²) in [6, 6.07) is 12.0. The third kappa shape index (κ3) is 6.81. The highest BCUT2D eigenvalue weighted by molar-refractivity contribution is 6.31. The van der Waals surface area contributed by atoms with Crippen LogP contribution in [0.15, 0.2) is 42.5 Å². The van der Waals surface area contributed by atoms with E-state index in [0.29, 0.717) is 29.4 Å². The topological polar surface area (TPSA) is 81.7 Å². The van der Waals surface area contributed by atoms with Gasteiger partial charge in [-0.05, 0) is 57.9 Å². The average Bonchev–Trinajstić information content (AvgIpc) is 2.83. The van der Waals surface area contributed by atoms with E-state index in [4.69, 9.17) is 21.1 Å². The van der Waals surface area contributed by atoms with Crippen molar-refractivity contribution in [1.82, 2.24) is 0 Å². The molecule has 2 aromatic rings. The first-order valence-corrected chi connectivity index (χ1v) is 11.9. The number of esters is 2. The normalized spacial score (nSPS) is 12.1. The molecule has 1 atom stereocenters. The second kappa shape index (κ2) is 12.5. The van der Waals surface area contributed by atoms with Crippen LogP contribution in [0.5, 0.6) is 0 Å². The van der Waals surface area contributed by atoms with Crippen molar-refractivity contribution in [3.05, 3.63) is 64.2 Å². The monoisotopic (exact) mass is 489 g/mol. The fourth-order valence-electron chi connectivity index (χ4n) is 3.93. The van der Waals surface area contributed by atoms with Crippen LogP contribution in [0.3, 0.4) is 0 Å². The van der Waals surface area contributed by atoms with Crippen LogP contribution in [0.2, 0.25) is 5.02 Å². The van der Waals surface area contributed by atoms with Gasteiger partial charge in [0.2, 0.25) is 0 Å². The summed E-state index contributed by atoms with van der Waals surface area (Å²) in [6.45, 7) is 10.7. The first-order chi connectivity index (χ1) is 16.2. The van der Waals surface area contributed by atoms with Gasteiger partial charge >= 0.3 is 11.9 Å². The quantitative estimate of drug-likeness (QED) is 0.364. The van der Waals surface area contributed by atoms with Gasteiger partial charge in [-0.25, -0.2) is 9.59 Å². The molecular formula is C26H34ClN2O5+. The fraction of sp³-hybridized carbons (Fsp3) is 0.423. The number of hydrogen-bond donors (Lipinski definition) is 1. The van der Waals surface area contributed by atoms with E-state index in [2.05, 4.69) is 5.32 Å². The van der Waals surface area contributed by atoms with Crippen molar-refractivity contribution < 1.29 is 28.3 Å². The standard InChI is InChI=1S/C26H33ClN2O5/c1-6-29(7-2,16-23(30)34-17-20-12-10-9-11-13-20)19(5)25(31)28-24-18(4)14-21(27)15-22(24)26(32)33-8-3/h9-15,19H,6-8,16-17H2,1-5H3/p+1. The van der Waals surface area contributed by atoms with Gasteiger partial charge in [0.1, 0.15) is 6.61 Å². The number of nitrogens with zero attached hydrogens (tertiary/aromatic N) is 1. The van der Waals surface area contributed by atoms with Gasteiger partial charge in [0.15, 0.2) is 12.6 Å². The molecule has 0 bridgehead atoms. The van der Waals surface area contributed by atoms with Gasteiger partial charge in [-0.1, -0.05) is 41.9 Å². The molecule has 0 radical (unpaired) electrons. The minimum Gasteiger partial charge on any atom is -0.462 e. The Hall–Kier alpha value is -2.90. The molecule has 1 amide bonds. The van der Waals surface area contributed by atoms with Gasteiger partial charge in [-0.3, -0.25) is 4.79 Å². The lowest BCUT2D eigenvalue weighted by Crippen LogP contribution is -2.60. The van der Waals surface area contributed by atoms with Crippen LogP contribution in [0.25, 0.3) is 0 Å². The summed E-state index contributed by atoms with van der Waals surface area (Å²) in [7, 11) is 0. The van der Waals surface area contributed by atoms with Crippen molar-refractivity contribution >= 4 is 35.1 Å². The van der Waals surface area contributed by atoms with Crippen LogP contribution in [0.1, 0.15) is 49.2 Å². The number of amides is 1. The molecule has 0 spiro atoms. The Kier molecular flexibility index (Phi) is 10.1. The number of anilines is 1. The molecule has 0 aromatic heterocycles. The van der Waals surface area contributed by atoms with Crippen molar-refractivity contribution in [1.29, 1.82) is 0 Å². The van der Waals surface area contributed by atoms with Crippen LogP contribution in [0.4, 0.5) is 5.69 Å². The number of carbonyl (C=O) groups excluding carboxylic acids is 3. The number of halogens is 1. The van der Waals surface area contributed by atoms with Gasteiger partial charge in [0.05, 0.1) is 30.9 Å². The molecular weight excluding hydrogens is 456 g/mol. The molecule has 1 N–H and O–H groups in total. The van der Waals surface area contributed by atoms with E-state index in [-0.39, 0.29) is 41.7 Å². The lowest BCUT2D eigenvalue weighted by molar-refractivity contribution is -0.931. The van der Waals surface area contributed by atoms with Crippen LogP contribution >= 0.6 is 11.6 Å². The fourth-order valence-corrected chi connectivity index (χ4v) is 4.20. The average molecular weight is 490 g/mol. The number of likely N-dealkylation sites (N-methyl/N-ethyl adjacent to an activating group) is 1. The number of benzene rings is 2. The van der Waals surface area contributed by atoms with E-state index >= 15 is 0 Å². The summed E-state index contributed by atoms with van der Waals surface area (Å²) in [4.78, 5) is 38.5. The highest BCUT2D eigenvalue weighted by atomic mass is 35.5. The lowest BCUT2D eigenvalue weighted by atomic mass is 10.1. The Labute approximate surface area is 206 Å². The van der Waals surface area contributed by atoms with E-state index in [9.17, 15) is 14.4 Å². The van der Waals surface area contributed by atoms with E-state index in [1.807, 2.05) is 44.2 Å². The predicted molar refractivity (Wildman–Crippen MR) is 133 cm³/mol. The van der Waals surface area contributed by atoms with Crippen LogP contribution in [0, 0.1) is 6.92 Å². The molecule has 0 aliphatic heterocycles. The van der Waals surface area contributed by atoms with Crippen molar-refractivity contribution in [2.24, 2.45) is 0 Å². The summed E-state index contributed by atoms with van der Waals surface area (Å²) in [5, 5.41) is 3.26. The maximum Gasteiger partial charge on any atom is 0.362 e. The third-order valence-electron chi connectivity index (χ3n) is 6.19. The minimum absolute atomic E-state index is 0.0543. The molecule has 8 heteroatoms. The lowest BCUT2D eigenvalue weighted by Gasteiger charge is -2.40. The van der Waals surface area contributed by atoms with Gasteiger partial charge < -0.3 is 19.3 Å². The Balaban J connectivity index is 2.20. The maximum absolute atomic E-state index is 13.3. The Morgan fingerprint density at radius 1 is 1.03 bits per heavy atom. The predicted octanol–water partition coefficient (Wildman–Crippen LogP) is 4.75. The summed E-state index contributed by atoms with van der Waals surface area (Å²) >= 11 is 6.14. The Morgan fingerprint density at radius 3 is 2.26 bits per heavy atom. The molecule has 0 aliphatic carbocycles. The van der Waals surface area contributed by atoms with E-state index in [1.54, 1.807) is 26.8 Å². The number of ether oxygens (including phenoxy) is 2. The molecule has 2 aromatic carbocycles. The summed E-state index contributed by atoms with van der Waals surface area (Å²) in [6.07, 6.45) is 0. The molecule has 34 heavy (non-hydrogen) atoms. The van der Waals surface area contributed by atoms with Gasteiger partial charge in [0, 0.05) is 5.02 Å². The molecule has 0 saturated heterocycles. The van der Waals surface area contributed by atoms with Crippen LogP contribution in [-0.2, 0) is 25.7 Å². The van der Waals surface area contributed by atoms with Gasteiger partial charge in [0.25, 0.3) is 5.91 Å². The zero-order chi connectivity index (χ0) is 25.3. The number of hydrogen-bond acceptors (Lipinski definition) is 5. The first kappa shape index (κ1) is 27.3. The van der Waals surface area contributed by atoms with E-state index in [0.717, 1.165) is 5.56 Å². The molecule has 184 valence electrons.